The Labute approximate surface area is 181 Å². The molecule has 0 aliphatic carbocycles. The zero-order chi connectivity index (χ0) is 21.1. The Hall–Kier alpha value is -2.79. The van der Waals surface area contributed by atoms with Gasteiger partial charge in [-0.3, -0.25) is 9.59 Å². The van der Waals surface area contributed by atoms with Gasteiger partial charge >= 0.3 is 0 Å². The van der Waals surface area contributed by atoms with Gasteiger partial charge in [0.25, 0.3) is 5.91 Å². The van der Waals surface area contributed by atoms with Crippen molar-refractivity contribution >= 4 is 34.3 Å². The van der Waals surface area contributed by atoms with Gasteiger partial charge in [-0.05, 0) is 48.6 Å². The lowest BCUT2D eigenvalue weighted by molar-refractivity contribution is -0.126. The second kappa shape index (κ2) is 8.92. The number of carbonyl (C=O) groups excluding carboxylic acids is 2. The maximum Gasteiger partial charge on any atom is 0.270 e. The molecule has 2 aromatic carbocycles. The molecule has 0 saturated carbocycles. The van der Waals surface area contributed by atoms with Gasteiger partial charge in [0.1, 0.15) is 5.69 Å². The normalized spacial score (nSPS) is 15.9. The van der Waals surface area contributed by atoms with Gasteiger partial charge in [-0.1, -0.05) is 48.9 Å². The molecule has 156 valence electrons. The molecule has 4 rings (SSSR count). The first-order valence-electron chi connectivity index (χ1n) is 10.4. The zero-order valence-corrected chi connectivity index (χ0v) is 17.8. The predicted octanol–water partition coefficient (Wildman–Crippen LogP) is 4.63. The highest BCUT2D eigenvalue weighted by molar-refractivity contribution is 6.31. The van der Waals surface area contributed by atoms with E-state index in [0.29, 0.717) is 30.4 Å². The number of hydrogen-bond donors (Lipinski definition) is 2. The fraction of sp³-hybridized carbons (Fsp3) is 0.333. The molecule has 0 unspecified atom stereocenters. The van der Waals surface area contributed by atoms with Crippen LogP contribution < -0.4 is 5.32 Å². The summed E-state index contributed by atoms with van der Waals surface area (Å²) in [6.45, 7) is 3.86. The molecule has 1 aromatic heterocycles. The summed E-state index contributed by atoms with van der Waals surface area (Å²) >= 11 is 6.04. The molecule has 1 saturated heterocycles. The van der Waals surface area contributed by atoms with Crippen molar-refractivity contribution in [2.45, 2.75) is 26.3 Å². The molecule has 0 spiro atoms. The summed E-state index contributed by atoms with van der Waals surface area (Å²) in [6, 6.07) is 17.3. The third kappa shape index (κ3) is 4.51. The van der Waals surface area contributed by atoms with E-state index >= 15 is 0 Å². The summed E-state index contributed by atoms with van der Waals surface area (Å²) in [5, 5.41) is 4.63. The van der Waals surface area contributed by atoms with Crippen molar-refractivity contribution in [3.05, 3.63) is 70.9 Å². The van der Waals surface area contributed by atoms with Crippen LogP contribution in [0.25, 0.3) is 10.9 Å². The van der Waals surface area contributed by atoms with Gasteiger partial charge in [0.05, 0.1) is 0 Å². The number of piperidine rings is 1. The molecule has 1 atom stereocenters. The summed E-state index contributed by atoms with van der Waals surface area (Å²) in [5.74, 6) is 0.297. The van der Waals surface area contributed by atoms with Crippen molar-refractivity contribution in [2.24, 2.45) is 11.8 Å². The number of rotatable bonds is 5. The van der Waals surface area contributed by atoms with Crippen molar-refractivity contribution in [1.29, 1.82) is 0 Å². The topological polar surface area (TPSA) is 65.2 Å². The summed E-state index contributed by atoms with van der Waals surface area (Å²) in [6.07, 6.45) is 1.66. The lowest BCUT2D eigenvalue weighted by atomic mass is 9.84. The Morgan fingerprint density at radius 1 is 1.13 bits per heavy atom. The number of nitrogens with zero attached hydrogens (tertiary/aromatic N) is 1. The number of amides is 2. The highest BCUT2D eigenvalue weighted by Crippen LogP contribution is 2.27. The van der Waals surface area contributed by atoms with Crippen molar-refractivity contribution in [1.82, 2.24) is 15.2 Å². The van der Waals surface area contributed by atoms with Crippen molar-refractivity contribution in [3.8, 4) is 0 Å². The summed E-state index contributed by atoms with van der Waals surface area (Å²) < 4.78 is 0. The number of carbonyl (C=O) groups is 2. The van der Waals surface area contributed by atoms with E-state index in [9.17, 15) is 9.59 Å². The zero-order valence-electron chi connectivity index (χ0n) is 17.0. The van der Waals surface area contributed by atoms with Crippen LogP contribution in [0.1, 0.15) is 35.8 Å². The largest absolute Gasteiger partial charge is 0.352 e. The van der Waals surface area contributed by atoms with Crippen molar-refractivity contribution in [2.75, 3.05) is 13.1 Å². The van der Waals surface area contributed by atoms with Crippen LogP contribution in [0.3, 0.4) is 0 Å². The van der Waals surface area contributed by atoms with Crippen LogP contribution in [0.5, 0.6) is 0 Å². The molecule has 0 bridgehead atoms. The molecule has 6 heteroatoms. The number of likely N-dealkylation sites (tertiary alicyclic amines) is 1. The minimum absolute atomic E-state index is 0.00181. The lowest BCUT2D eigenvalue weighted by Crippen LogP contribution is -2.42. The van der Waals surface area contributed by atoms with E-state index in [2.05, 4.69) is 10.3 Å². The molecule has 1 aliphatic heterocycles. The highest BCUT2D eigenvalue weighted by atomic mass is 35.5. The highest BCUT2D eigenvalue weighted by Gasteiger charge is 2.30. The molecule has 2 N–H and O–H groups in total. The Bertz CT molecular complexity index is 1040. The Kier molecular flexibility index (Phi) is 6.09. The van der Waals surface area contributed by atoms with Gasteiger partial charge in [-0.25, -0.2) is 0 Å². The number of aromatic amines is 1. The van der Waals surface area contributed by atoms with E-state index in [1.54, 1.807) is 0 Å². The molecule has 30 heavy (non-hydrogen) atoms. The van der Waals surface area contributed by atoms with Gasteiger partial charge in [0.15, 0.2) is 0 Å². The number of nitrogens with one attached hydrogen (secondary N) is 2. The van der Waals surface area contributed by atoms with Crippen LogP contribution in [-0.2, 0) is 11.3 Å². The fourth-order valence-corrected chi connectivity index (χ4v) is 4.33. The average Bonchev–Trinajstić information content (AvgIpc) is 3.20. The molecule has 1 fully saturated rings. The maximum atomic E-state index is 12.9. The monoisotopic (exact) mass is 423 g/mol. The first-order valence-corrected chi connectivity index (χ1v) is 10.8. The smallest absolute Gasteiger partial charge is 0.270 e. The third-order valence-electron chi connectivity index (χ3n) is 6.07. The summed E-state index contributed by atoms with van der Waals surface area (Å²) in [4.78, 5) is 30.5. The Balaban J connectivity index is 1.31. The van der Waals surface area contributed by atoms with Crippen LogP contribution >= 0.6 is 11.6 Å². The van der Waals surface area contributed by atoms with E-state index in [4.69, 9.17) is 11.6 Å². The van der Waals surface area contributed by atoms with Crippen LogP contribution in [0.2, 0.25) is 5.02 Å². The van der Waals surface area contributed by atoms with E-state index in [0.717, 1.165) is 29.3 Å². The first-order chi connectivity index (χ1) is 14.5. The maximum absolute atomic E-state index is 12.9. The van der Waals surface area contributed by atoms with Crippen molar-refractivity contribution < 1.29 is 9.59 Å². The van der Waals surface area contributed by atoms with E-state index in [-0.39, 0.29) is 23.7 Å². The van der Waals surface area contributed by atoms with Gasteiger partial charge in [-0.15, -0.1) is 0 Å². The molecule has 2 heterocycles. The van der Waals surface area contributed by atoms with E-state index in [1.165, 1.54) is 0 Å². The Morgan fingerprint density at radius 3 is 2.60 bits per heavy atom. The number of H-pyrrole nitrogens is 1. The summed E-state index contributed by atoms with van der Waals surface area (Å²) in [7, 11) is 0. The standard InChI is InChI=1S/C24H26ClN3O2/c1-16(23(29)26-15-17-5-3-2-4-6-17)18-9-11-28(12-10-18)24(30)22-14-19-13-20(25)7-8-21(19)27-22/h2-8,13-14,16,18,27H,9-12,15H2,1H3,(H,26,29)/t16-/m1/s1. The Morgan fingerprint density at radius 2 is 1.87 bits per heavy atom. The summed E-state index contributed by atoms with van der Waals surface area (Å²) in [5.41, 5.74) is 2.58. The predicted molar refractivity (Wildman–Crippen MR) is 119 cm³/mol. The first kappa shape index (κ1) is 20.5. The quantitative estimate of drug-likeness (QED) is 0.628. The molecular weight excluding hydrogens is 398 g/mol. The molecule has 0 radical (unpaired) electrons. The van der Waals surface area contributed by atoms with Crippen LogP contribution in [0.4, 0.5) is 0 Å². The number of aromatic nitrogens is 1. The number of halogens is 1. The minimum Gasteiger partial charge on any atom is -0.352 e. The molecule has 3 aromatic rings. The van der Waals surface area contributed by atoms with Crippen LogP contribution in [-0.4, -0.2) is 34.8 Å². The van der Waals surface area contributed by atoms with Crippen molar-refractivity contribution in [3.63, 3.8) is 0 Å². The average molecular weight is 424 g/mol. The van der Waals surface area contributed by atoms with Gasteiger partial charge in [0, 0.05) is 41.5 Å². The van der Waals surface area contributed by atoms with Crippen LogP contribution in [0.15, 0.2) is 54.6 Å². The second-order valence-corrected chi connectivity index (χ2v) is 8.47. The van der Waals surface area contributed by atoms with Gasteiger partial charge in [0.2, 0.25) is 5.91 Å². The lowest BCUT2D eigenvalue weighted by Gasteiger charge is -2.34. The second-order valence-electron chi connectivity index (χ2n) is 8.04. The van der Waals surface area contributed by atoms with Gasteiger partial charge < -0.3 is 15.2 Å². The SMILES string of the molecule is C[C@@H](C(=O)NCc1ccccc1)C1CCN(C(=O)c2cc3cc(Cl)ccc3[nH]2)CC1. The van der Waals surface area contributed by atoms with Crippen LogP contribution in [0, 0.1) is 11.8 Å². The fourth-order valence-electron chi connectivity index (χ4n) is 4.15. The van der Waals surface area contributed by atoms with E-state index < -0.39 is 0 Å². The molecule has 5 nitrogen and oxygen atoms in total. The third-order valence-corrected chi connectivity index (χ3v) is 6.31. The van der Waals surface area contributed by atoms with Gasteiger partial charge in [-0.2, -0.15) is 0 Å². The number of hydrogen-bond acceptors (Lipinski definition) is 2. The molecule has 1 aliphatic rings. The molecular formula is C24H26ClN3O2. The van der Waals surface area contributed by atoms with E-state index in [1.807, 2.05) is 66.4 Å². The molecule has 2 amide bonds. The minimum atomic E-state index is -0.0683. The number of benzene rings is 2. The number of fused-ring (bicyclic) bond motifs is 1.